The van der Waals surface area contributed by atoms with Crippen LogP contribution in [0.4, 0.5) is 0 Å². The molecule has 0 radical (unpaired) electrons. The summed E-state index contributed by atoms with van der Waals surface area (Å²) in [6, 6.07) is 16.7. The highest BCUT2D eigenvalue weighted by Crippen LogP contribution is 2.26. The van der Waals surface area contributed by atoms with E-state index in [0.29, 0.717) is 11.3 Å². The summed E-state index contributed by atoms with van der Waals surface area (Å²) in [6.45, 7) is 3.76. The van der Waals surface area contributed by atoms with Crippen molar-refractivity contribution in [1.82, 2.24) is 0 Å². The normalized spacial score (nSPS) is 12.0. The Balaban J connectivity index is 2.51. The molecule has 0 bridgehead atoms. The van der Waals surface area contributed by atoms with Crippen molar-refractivity contribution in [2.24, 2.45) is 0 Å². The predicted octanol–water partition coefficient (Wildman–Crippen LogP) is 3.81. The Labute approximate surface area is 136 Å². The van der Waals surface area contributed by atoms with Crippen molar-refractivity contribution in [3.05, 3.63) is 65.1 Å². The van der Waals surface area contributed by atoms with Crippen molar-refractivity contribution in [3.8, 4) is 11.8 Å². The molecule has 0 aliphatic rings. The maximum absolute atomic E-state index is 12.6. The third-order valence-electron chi connectivity index (χ3n) is 3.02. The monoisotopic (exact) mass is 327 g/mol. The van der Waals surface area contributed by atoms with E-state index >= 15 is 0 Å². The highest BCUT2D eigenvalue weighted by atomic mass is 32.2. The molecule has 23 heavy (non-hydrogen) atoms. The van der Waals surface area contributed by atoms with Gasteiger partial charge in [-0.3, -0.25) is 0 Å². The van der Waals surface area contributed by atoms with E-state index in [0.717, 1.165) is 0 Å². The van der Waals surface area contributed by atoms with E-state index in [4.69, 9.17) is 4.74 Å². The number of hydrogen-bond acceptors (Lipinski definition) is 4. The molecule has 0 aromatic heterocycles. The number of para-hydroxylation sites is 1. The van der Waals surface area contributed by atoms with E-state index in [9.17, 15) is 13.7 Å². The first-order chi connectivity index (χ1) is 10.9. The molecule has 0 fully saturated rings. The number of sulfone groups is 1. The van der Waals surface area contributed by atoms with Gasteiger partial charge in [-0.05, 0) is 38.1 Å². The molecule has 0 spiro atoms. The summed E-state index contributed by atoms with van der Waals surface area (Å²) in [6.07, 6.45) is 1.29. The molecule has 5 heteroatoms. The minimum atomic E-state index is -3.85. The summed E-state index contributed by atoms with van der Waals surface area (Å²) in [7, 11) is -3.85. The molecule has 4 nitrogen and oxygen atoms in total. The molecule has 0 atom stereocenters. The number of nitriles is 1. The average Bonchev–Trinajstić information content (AvgIpc) is 2.54. The van der Waals surface area contributed by atoms with Gasteiger partial charge in [0.25, 0.3) is 0 Å². The van der Waals surface area contributed by atoms with Gasteiger partial charge < -0.3 is 4.74 Å². The smallest absolute Gasteiger partial charge is 0.216 e. The molecule has 2 aromatic carbocycles. The lowest BCUT2D eigenvalue weighted by molar-refractivity contribution is 0.242. The number of ether oxygens (including phenoxy) is 1. The SMILES string of the molecule is CC(C)Oc1ccccc1/C=C(\C#N)S(=O)(=O)c1ccccc1. The summed E-state index contributed by atoms with van der Waals surface area (Å²) in [5, 5.41) is 9.32. The zero-order valence-corrected chi connectivity index (χ0v) is 13.7. The average molecular weight is 327 g/mol. The molecule has 0 N–H and O–H groups in total. The minimum Gasteiger partial charge on any atom is -0.490 e. The molecule has 118 valence electrons. The third kappa shape index (κ3) is 3.99. The Bertz CT molecular complexity index is 847. The number of nitrogens with zero attached hydrogens (tertiary/aromatic N) is 1. The van der Waals surface area contributed by atoms with Gasteiger partial charge in [0.2, 0.25) is 9.84 Å². The first kappa shape index (κ1) is 16.8. The van der Waals surface area contributed by atoms with Gasteiger partial charge in [-0.2, -0.15) is 5.26 Å². The quantitative estimate of drug-likeness (QED) is 0.783. The molecule has 0 aliphatic heterocycles. The van der Waals surface area contributed by atoms with Crippen LogP contribution in [-0.2, 0) is 9.84 Å². The van der Waals surface area contributed by atoms with Crippen LogP contribution < -0.4 is 4.74 Å². The molecule has 2 rings (SSSR count). The maximum atomic E-state index is 12.6. The number of hydrogen-bond donors (Lipinski definition) is 0. The molecular formula is C18H17NO3S. The standard InChI is InChI=1S/C18H17NO3S/c1-14(2)22-18-11-7-6-8-15(18)12-17(13-19)23(20,21)16-9-4-3-5-10-16/h3-12,14H,1-2H3/b17-12+. The number of allylic oxidation sites excluding steroid dienone is 1. The Morgan fingerprint density at radius 1 is 1.09 bits per heavy atom. The molecule has 0 heterocycles. The van der Waals surface area contributed by atoms with Gasteiger partial charge in [-0.1, -0.05) is 36.4 Å². The first-order valence-electron chi connectivity index (χ1n) is 7.13. The van der Waals surface area contributed by atoms with Gasteiger partial charge in [0.15, 0.2) is 0 Å². The van der Waals surface area contributed by atoms with E-state index in [1.807, 2.05) is 13.8 Å². The lowest BCUT2D eigenvalue weighted by Gasteiger charge is -2.12. The van der Waals surface area contributed by atoms with Gasteiger partial charge in [0.05, 0.1) is 11.0 Å². The summed E-state index contributed by atoms with van der Waals surface area (Å²) in [4.78, 5) is -0.224. The third-order valence-corrected chi connectivity index (χ3v) is 4.70. The maximum Gasteiger partial charge on any atom is 0.216 e. The van der Waals surface area contributed by atoms with E-state index in [1.54, 1.807) is 48.5 Å². The molecule has 0 unspecified atom stereocenters. The van der Waals surface area contributed by atoms with Gasteiger partial charge in [-0.25, -0.2) is 8.42 Å². The summed E-state index contributed by atoms with van der Waals surface area (Å²) in [5.41, 5.74) is 0.553. The van der Waals surface area contributed by atoms with Crippen molar-refractivity contribution >= 4 is 15.9 Å². The lowest BCUT2D eigenvalue weighted by Crippen LogP contribution is -2.07. The van der Waals surface area contributed by atoms with E-state index in [2.05, 4.69) is 0 Å². The van der Waals surface area contributed by atoms with Gasteiger partial charge in [0, 0.05) is 5.56 Å². The van der Waals surface area contributed by atoms with Gasteiger partial charge in [-0.15, -0.1) is 0 Å². The molecule has 0 amide bonds. The second-order valence-corrected chi connectivity index (χ2v) is 7.06. The molecule has 0 saturated carbocycles. The van der Waals surface area contributed by atoms with Crippen LogP contribution in [0.1, 0.15) is 19.4 Å². The number of benzene rings is 2. The predicted molar refractivity (Wildman–Crippen MR) is 89.4 cm³/mol. The van der Waals surface area contributed by atoms with Crippen LogP contribution in [0.25, 0.3) is 6.08 Å². The van der Waals surface area contributed by atoms with E-state index in [1.165, 1.54) is 18.2 Å². The van der Waals surface area contributed by atoms with Crippen LogP contribution in [0, 0.1) is 11.3 Å². The van der Waals surface area contributed by atoms with Crippen LogP contribution in [0.5, 0.6) is 5.75 Å². The second-order valence-electron chi connectivity index (χ2n) is 5.14. The fraction of sp³-hybridized carbons (Fsp3) is 0.167. The molecule has 0 aliphatic carbocycles. The van der Waals surface area contributed by atoms with Crippen LogP contribution in [0.2, 0.25) is 0 Å². The Morgan fingerprint density at radius 2 is 1.70 bits per heavy atom. The summed E-state index contributed by atoms with van der Waals surface area (Å²) < 4.78 is 30.8. The highest BCUT2D eigenvalue weighted by Gasteiger charge is 2.21. The van der Waals surface area contributed by atoms with Crippen molar-refractivity contribution in [2.45, 2.75) is 24.8 Å². The topological polar surface area (TPSA) is 67.2 Å². The zero-order chi connectivity index (χ0) is 16.9. The second kappa shape index (κ2) is 7.12. The van der Waals surface area contributed by atoms with Crippen molar-refractivity contribution in [2.75, 3.05) is 0 Å². The largest absolute Gasteiger partial charge is 0.490 e. The van der Waals surface area contributed by atoms with Crippen molar-refractivity contribution < 1.29 is 13.2 Å². The molecular weight excluding hydrogens is 310 g/mol. The summed E-state index contributed by atoms with van der Waals surface area (Å²) >= 11 is 0. The first-order valence-corrected chi connectivity index (χ1v) is 8.61. The van der Waals surface area contributed by atoms with Crippen molar-refractivity contribution in [1.29, 1.82) is 5.26 Å². The fourth-order valence-corrected chi connectivity index (χ4v) is 3.17. The Morgan fingerprint density at radius 3 is 2.30 bits per heavy atom. The Hall–Kier alpha value is -2.58. The van der Waals surface area contributed by atoms with Crippen LogP contribution in [0.3, 0.4) is 0 Å². The minimum absolute atomic E-state index is 0.0548. The number of rotatable bonds is 5. The zero-order valence-electron chi connectivity index (χ0n) is 12.9. The summed E-state index contributed by atoms with van der Waals surface area (Å²) in [5.74, 6) is 0.540. The van der Waals surface area contributed by atoms with Gasteiger partial charge >= 0.3 is 0 Å². The van der Waals surface area contributed by atoms with Gasteiger partial charge in [0.1, 0.15) is 16.7 Å². The fourth-order valence-electron chi connectivity index (χ4n) is 2.00. The van der Waals surface area contributed by atoms with E-state index in [-0.39, 0.29) is 15.9 Å². The van der Waals surface area contributed by atoms with Crippen molar-refractivity contribution in [3.63, 3.8) is 0 Å². The highest BCUT2D eigenvalue weighted by molar-refractivity contribution is 7.95. The van der Waals surface area contributed by atoms with E-state index < -0.39 is 9.84 Å². The molecule has 2 aromatic rings. The Kier molecular flexibility index (Phi) is 5.20. The van der Waals surface area contributed by atoms with Crippen LogP contribution in [0.15, 0.2) is 64.4 Å². The van der Waals surface area contributed by atoms with Crippen LogP contribution >= 0.6 is 0 Å². The molecule has 0 saturated heterocycles. The van der Waals surface area contributed by atoms with Crippen LogP contribution in [-0.4, -0.2) is 14.5 Å². The lowest BCUT2D eigenvalue weighted by atomic mass is 10.2.